The molecule has 2 N–H and O–H groups in total. The molecule has 0 saturated heterocycles. The van der Waals surface area contributed by atoms with E-state index in [1.807, 2.05) is 13.0 Å². The Morgan fingerprint density at radius 2 is 1.62 bits per heavy atom. The van der Waals surface area contributed by atoms with E-state index in [1.54, 1.807) is 57.4 Å². The van der Waals surface area contributed by atoms with Crippen molar-refractivity contribution in [3.8, 4) is 0 Å². The third-order valence-corrected chi connectivity index (χ3v) is 7.58. The van der Waals surface area contributed by atoms with E-state index in [9.17, 15) is 22.8 Å². The molecule has 0 aromatic heterocycles. The zero-order valence-electron chi connectivity index (χ0n) is 21.2. The first kappa shape index (κ1) is 27.4. The Hall–Kier alpha value is -4.18. The van der Waals surface area contributed by atoms with Gasteiger partial charge in [-0.05, 0) is 66.9 Å². The second kappa shape index (κ2) is 11.7. The number of aldehydes is 1. The van der Waals surface area contributed by atoms with E-state index in [4.69, 9.17) is 0 Å². The largest absolute Gasteiger partial charge is 0.350 e. The highest BCUT2D eigenvalue weighted by atomic mass is 32.2. The van der Waals surface area contributed by atoms with E-state index < -0.39 is 22.5 Å². The molecule has 37 heavy (non-hydrogen) atoms. The number of benzene rings is 3. The highest BCUT2D eigenvalue weighted by Gasteiger charge is 2.28. The monoisotopic (exact) mass is 522 g/mol. The molecule has 194 valence electrons. The average Bonchev–Trinajstić information content (AvgIpc) is 2.88. The SMILES string of the molecule is Cc1cccc(N(CC(=O)NCc2cccc(C=O)c2)S(=O)(=O)c2ccc(NC(=O)N(C)C)cc2)c1C. The average molecular weight is 523 g/mol. The van der Waals surface area contributed by atoms with Gasteiger partial charge in [0, 0.05) is 31.9 Å². The van der Waals surface area contributed by atoms with Gasteiger partial charge in [0.25, 0.3) is 10.0 Å². The van der Waals surface area contributed by atoms with Crippen LogP contribution in [-0.4, -0.2) is 52.2 Å². The number of hydrogen-bond acceptors (Lipinski definition) is 5. The van der Waals surface area contributed by atoms with Gasteiger partial charge in [0.1, 0.15) is 12.8 Å². The summed E-state index contributed by atoms with van der Waals surface area (Å²) in [6.07, 6.45) is 0.720. The molecule has 3 aromatic rings. The van der Waals surface area contributed by atoms with E-state index in [0.29, 0.717) is 16.9 Å². The smallest absolute Gasteiger partial charge is 0.321 e. The Kier molecular flexibility index (Phi) is 8.67. The zero-order chi connectivity index (χ0) is 27.2. The Morgan fingerprint density at radius 3 is 2.27 bits per heavy atom. The summed E-state index contributed by atoms with van der Waals surface area (Å²) in [4.78, 5) is 37.2. The number of anilines is 2. The van der Waals surface area contributed by atoms with Gasteiger partial charge in [-0.1, -0.05) is 30.3 Å². The zero-order valence-corrected chi connectivity index (χ0v) is 22.0. The van der Waals surface area contributed by atoms with Crippen LogP contribution >= 0.6 is 0 Å². The van der Waals surface area contributed by atoms with Gasteiger partial charge in [-0.2, -0.15) is 0 Å². The molecule has 3 amide bonds. The van der Waals surface area contributed by atoms with Crippen LogP contribution in [0.2, 0.25) is 0 Å². The Balaban J connectivity index is 1.89. The van der Waals surface area contributed by atoms with E-state index in [0.717, 1.165) is 27.3 Å². The molecule has 0 bridgehead atoms. The number of carbonyl (C=O) groups is 3. The number of nitrogens with zero attached hydrogens (tertiary/aromatic N) is 2. The number of nitrogens with one attached hydrogen (secondary N) is 2. The lowest BCUT2D eigenvalue weighted by atomic mass is 10.1. The molecule has 0 fully saturated rings. The summed E-state index contributed by atoms with van der Waals surface area (Å²) in [5.41, 5.74) is 3.64. The predicted octanol–water partition coefficient (Wildman–Crippen LogP) is 3.72. The maximum absolute atomic E-state index is 13.7. The minimum atomic E-state index is -4.14. The molecular weight excluding hydrogens is 492 g/mol. The maximum Gasteiger partial charge on any atom is 0.321 e. The molecule has 10 heteroatoms. The van der Waals surface area contributed by atoms with Gasteiger partial charge in [0.05, 0.1) is 10.6 Å². The summed E-state index contributed by atoms with van der Waals surface area (Å²) in [7, 11) is -0.946. The number of rotatable bonds is 9. The second-order valence-electron chi connectivity index (χ2n) is 8.72. The van der Waals surface area contributed by atoms with Crippen molar-refractivity contribution in [1.29, 1.82) is 0 Å². The van der Waals surface area contributed by atoms with E-state index in [-0.39, 0.29) is 17.5 Å². The number of urea groups is 1. The first-order valence-electron chi connectivity index (χ1n) is 11.5. The van der Waals surface area contributed by atoms with E-state index >= 15 is 0 Å². The Morgan fingerprint density at radius 1 is 0.946 bits per heavy atom. The first-order chi connectivity index (χ1) is 17.5. The van der Waals surface area contributed by atoms with Crippen LogP contribution in [0, 0.1) is 13.8 Å². The fourth-order valence-corrected chi connectivity index (χ4v) is 5.02. The van der Waals surface area contributed by atoms with Crippen LogP contribution in [0.15, 0.2) is 71.6 Å². The summed E-state index contributed by atoms with van der Waals surface area (Å²) in [5, 5.41) is 5.40. The second-order valence-corrected chi connectivity index (χ2v) is 10.6. The molecule has 0 unspecified atom stereocenters. The van der Waals surface area contributed by atoms with Crippen LogP contribution in [0.4, 0.5) is 16.2 Å². The molecule has 0 aliphatic rings. The third-order valence-electron chi connectivity index (χ3n) is 5.81. The number of amides is 3. The lowest BCUT2D eigenvalue weighted by Crippen LogP contribution is -2.41. The lowest BCUT2D eigenvalue weighted by Gasteiger charge is -2.26. The third kappa shape index (κ3) is 6.73. The molecule has 0 aliphatic heterocycles. The standard InChI is InChI=1S/C27H30N4O5S/c1-19-7-5-10-25(20(19)2)31(17-26(33)28-16-21-8-6-9-22(15-21)18-32)37(35,36)24-13-11-23(12-14-24)29-27(34)30(3)4/h5-15,18H,16-17H2,1-4H3,(H,28,33)(H,29,34). The Labute approximate surface area is 217 Å². The van der Waals surface area contributed by atoms with Gasteiger partial charge in [0.15, 0.2) is 0 Å². The molecule has 0 saturated carbocycles. The molecule has 0 spiro atoms. The summed E-state index contributed by atoms with van der Waals surface area (Å²) < 4.78 is 28.6. The van der Waals surface area contributed by atoms with Crippen LogP contribution in [0.5, 0.6) is 0 Å². The van der Waals surface area contributed by atoms with Crippen molar-refractivity contribution in [3.05, 3.63) is 89.0 Å². The number of aryl methyl sites for hydroxylation is 1. The van der Waals surface area contributed by atoms with Gasteiger partial charge in [-0.25, -0.2) is 13.2 Å². The topological polar surface area (TPSA) is 116 Å². The summed E-state index contributed by atoms with van der Waals surface area (Å²) in [6.45, 7) is 3.36. The summed E-state index contributed by atoms with van der Waals surface area (Å²) in [5.74, 6) is -0.504. The van der Waals surface area contributed by atoms with Crippen molar-refractivity contribution in [2.24, 2.45) is 0 Å². The number of sulfonamides is 1. The normalized spacial score (nSPS) is 10.9. The van der Waals surface area contributed by atoms with Crippen LogP contribution in [0.25, 0.3) is 0 Å². The summed E-state index contributed by atoms with van der Waals surface area (Å²) >= 11 is 0. The van der Waals surface area contributed by atoms with Crippen LogP contribution < -0.4 is 14.9 Å². The van der Waals surface area contributed by atoms with Crippen molar-refractivity contribution >= 4 is 39.6 Å². The van der Waals surface area contributed by atoms with E-state index in [1.165, 1.54) is 29.2 Å². The quantitative estimate of drug-likeness (QED) is 0.416. The molecular formula is C27H30N4O5S. The molecule has 0 radical (unpaired) electrons. The van der Waals surface area contributed by atoms with Gasteiger partial charge in [-0.3, -0.25) is 13.9 Å². The minimum Gasteiger partial charge on any atom is -0.350 e. The maximum atomic E-state index is 13.7. The van der Waals surface area contributed by atoms with Crippen LogP contribution in [0.3, 0.4) is 0 Å². The van der Waals surface area contributed by atoms with Crippen molar-refractivity contribution in [3.63, 3.8) is 0 Å². The lowest BCUT2D eigenvalue weighted by molar-refractivity contribution is -0.119. The molecule has 0 heterocycles. The van der Waals surface area contributed by atoms with Gasteiger partial charge in [-0.15, -0.1) is 0 Å². The highest BCUT2D eigenvalue weighted by Crippen LogP contribution is 2.29. The fraction of sp³-hybridized carbons (Fsp3) is 0.222. The first-order valence-corrected chi connectivity index (χ1v) is 12.9. The summed E-state index contributed by atoms with van der Waals surface area (Å²) in [6, 6.07) is 17.5. The fourth-order valence-electron chi connectivity index (χ4n) is 3.54. The number of hydrogen-bond donors (Lipinski definition) is 2. The molecule has 3 rings (SSSR count). The van der Waals surface area contributed by atoms with Gasteiger partial charge >= 0.3 is 6.03 Å². The van der Waals surface area contributed by atoms with Crippen LogP contribution in [0.1, 0.15) is 27.0 Å². The van der Waals surface area contributed by atoms with Gasteiger partial charge < -0.3 is 15.5 Å². The van der Waals surface area contributed by atoms with Crippen molar-refractivity contribution in [1.82, 2.24) is 10.2 Å². The van der Waals surface area contributed by atoms with E-state index in [2.05, 4.69) is 10.6 Å². The minimum absolute atomic E-state index is 0.0252. The highest BCUT2D eigenvalue weighted by molar-refractivity contribution is 7.92. The molecule has 0 atom stereocenters. The van der Waals surface area contributed by atoms with Crippen molar-refractivity contribution < 1.29 is 22.8 Å². The number of carbonyl (C=O) groups excluding carboxylic acids is 3. The predicted molar refractivity (Wildman–Crippen MR) is 143 cm³/mol. The van der Waals surface area contributed by atoms with Crippen molar-refractivity contribution in [2.45, 2.75) is 25.3 Å². The molecule has 9 nitrogen and oxygen atoms in total. The van der Waals surface area contributed by atoms with Crippen molar-refractivity contribution in [2.75, 3.05) is 30.3 Å². The van der Waals surface area contributed by atoms with Crippen LogP contribution in [-0.2, 0) is 21.4 Å². The molecule has 3 aromatic carbocycles. The molecule has 0 aliphatic carbocycles. The van der Waals surface area contributed by atoms with Gasteiger partial charge in [0.2, 0.25) is 5.91 Å². The Bertz CT molecular complexity index is 1400.